The number of carbonyl (C=O) groups excluding carboxylic acids is 1. The van der Waals surface area contributed by atoms with Crippen LogP contribution < -0.4 is 5.14 Å². The number of hydrogen-bond donors (Lipinski definition) is 1. The maximum Gasteiger partial charge on any atom is 0.270 e. The van der Waals surface area contributed by atoms with Gasteiger partial charge in [0.2, 0.25) is 10.0 Å². The van der Waals surface area contributed by atoms with Crippen LogP contribution in [0.4, 0.5) is 0 Å². The molecule has 6 nitrogen and oxygen atoms in total. The van der Waals surface area contributed by atoms with E-state index in [-0.39, 0.29) is 10.8 Å². The lowest BCUT2D eigenvalue weighted by Gasteiger charge is -2.24. The highest BCUT2D eigenvalue weighted by molar-refractivity contribution is 7.89. The molecular formula is C13H21N3O3S. The fraction of sp³-hybridized carbons (Fsp3) is 0.615. The maximum absolute atomic E-state index is 12.5. The molecule has 0 aliphatic carbocycles. The van der Waals surface area contributed by atoms with Gasteiger partial charge in [-0.25, -0.2) is 13.6 Å². The summed E-state index contributed by atoms with van der Waals surface area (Å²) in [5, 5.41) is 5.10. The van der Waals surface area contributed by atoms with Gasteiger partial charge in [-0.1, -0.05) is 19.3 Å². The lowest BCUT2D eigenvalue weighted by Crippen LogP contribution is -2.34. The Hall–Kier alpha value is -1.34. The van der Waals surface area contributed by atoms with Gasteiger partial charge in [0.1, 0.15) is 10.6 Å². The van der Waals surface area contributed by atoms with Crippen molar-refractivity contribution in [3.8, 4) is 0 Å². The number of likely N-dealkylation sites (tertiary alicyclic amines) is 1. The van der Waals surface area contributed by atoms with E-state index in [9.17, 15) is 13.2 Å². The van der Waals surface area contributed by atoms with E-state index in [4.69, 9.17) is 5.14 Å². The van der Waals surface area contributed by atoms with Crippen LogP contribution in [0.2, 0.25) is 0 Å². The molecule has 0 bridgehead atoms. The van der Waals surface area contributed by atoms with Crippen molar-refractivity contribution in [2.45, 2.75) is 37.0 Å². The number of rotatable bonds is 2. The van der Waals surface area contributed by atoms with Crippen LogP contribution in [0.1, 0.15) is 42.6 Å². The number of primary sulfonamides is 1. The largest absolute Gasteiger partial charge is 0.345 e. The smallest absolute Gasteiger partial charge is 0.270 e. The molecule has 0 unspecified atom stereocenters. The molecule has 1 aromatic heterocycles. The standard InChI is InChI=1S/C13H21N3O3S/c1-15-10-11(20(14,18)19)9-12(15)13(17)16-7-5-3-2-4-6-8-16/h9-10H,2-8H2,1H3,(H2,14,18,19). The van der Waals surface area contributed by atoms with Crippen molar-refractivity contribution in [1.29, 1.82) is 0 Å². The van der Waals surface area contributed by atoms with Gasteiger partial charge in [0.05, 0.1) is 0 Å². The van der Waals surface area contributed by atoms with Crippen LogP contribution >= 0.6 is 0 Å². The number of carbonyl (C=O) groups is 1. The van der Waals surface area contributed by atoms with E-state index in [1.54, 1.807) is 11.9 Å². The Morgan fingerprint density at radius 3 is 2.20 bits per heavy atom. The van der Waals surface area contributed by atoms with Crippen molar-refractivity contribution < 1.29 is 13.2 Å². The molecule has 2 N–H and O–H groups in total. The molecule has 1 saturated heterocycles. The highest BCUT2D eigenvalue weighted by Gasteiger charge is 2.22. The van der Waals surface area contributed by atoms with Gasteiger partial charge < -0.3 is 9.47 Å². The van der Waals surface area contributed by atoms with Crippen LogP contribution in [0.15, 0.2) is 17.2 Å². The van der Waals surface area contributed by atoms with E-state index in [2.05, 4.69) is 0 Å². The Kier molecular flexibility index (Phi) is 4.49. The number of nitrogens with zero attached hydrogens (tertiary/aromatic N) is 2. The summed E-state index contributed by atoms with van der Waals surface area (Å²) in [6.07, 6.45) is 6.88. The minimum Gasteiger partial charge on any atom is -0.345 e. The Morgan fingerprint density at radius 1 is 1.15 bits per heavy atom. The zero-order chi connectivity index (χ0) is 14.8. The highest BCUT2D eigenvalue weighted by atomic mass is 32.2. The van der Waals surface area contributed by atoms with E-state index in [1.807, 2.05) is 0 Å². The summed E-state index contributed by atoms with van der Waals surface area (Å²) >= 11 is 0. The molecule has 2 rings (SSSR count). The van der Waals surface area contributed by atoms with E-state index < -0.39 is 10.0 Å². The van der Waals surface area contributed by atoms with Crippen molar-refractivity contribution in [3.63, 3.8) is 0 Å². The highest BCUT2D eigenvalue weighted by Crippen LogP contribution is 2.17. The monoisotopic (exact) mass is 299 g/mol. The first-order valence-corrected chi connectivity index (χ1v) is 8.42. The molecule has 20 heavy (non-hydrogen) atoms. The Bertz CT molecular complexity index is 584. The summed E-state index contributed by atoms with van der Waals surface area (Å²) in [4.78, 5) is 14.3. The lowest BCUT2D eigenvalue weighted by molar-refractivity contribution is 0.0733. The van der Waals surface area contributed by atoms with Gasteiger partial charge in [0, 0.05) is 26.3 Å². The molecule has 1 aliphatic rings. The minimum absolute atomic E-state index is 0.0182. The van der Waals surface area contributed by atoms with Crippen LogP contribution in [-0.4, -0.2) is 36.9 Å². The summed E-state index contributed by atoms with van der Waals surface area (Å²) in [5.41, 5.74) is 0.370. The van der Waals surface area contributed by atoms with Crippen molar-refractivity contribution >= 4 is 15.9 Å². The number of hydrogen-bond acceptors (Lipinski definition) is 3. The van der Waals surface area contributed by atoms with E-state index in [1.165, 1.54) is 23.3 Å². The van der Waals surface area contributed by atoms with Crippen LogP contribution in [0.3, 0.4) is 0 Å². The molecule has 1 aliphatic heterocycles. The number of nitrogens with two attached hydrogens (primary N) is 1. The summed E-state index contributed by atoms with van der Waals surface area (Å²) in [5.74, 6) is -0.121. The number of amides is 1. The van der Waals surface area contributed by atoms with Gasteiger partial charge in [-0.15, -0.1) is 0 Å². The molecule has 2 heterocycles. The van der Waals surface area contributed by atoms with Crippen LogP contribution in [-0.2, 0) is 17.1 Å². The molecule has 0 aromatic carbocycles. The second-order valence-corrected chi connectivity index (χ2v) is 6.84. The molecule has 0 atom stereocenters. The zero-order valence-corrected chi connectivity index (χ0v) is 12.5. The molecule has 112 valence electrons. The Labute approximate surface area is 119 Å². The van der Waals surface area contributed by atoms with Gasteiger partial charge in [0.15, 0.2) is 0 Å². The fourth-order valence-electron chi connectivity index (χ4n) is 2.51. The predicted molar refractivity (Wildman–Crippen MR) is 75.8 cm³/mol. The Morgan fingerprint density at radius 2 is 1.70 bits per heavy atom. The van der Waals surface area contributed by atoms with Gasteiger partial charge >= 0.3 is 0 Å². The minimum atomic E-state index is -3.77. The van der Waals surface area contributed by atoms with E-state index in [0.29, 0.717) is 5.69 Å². The van der Waals surface area contributed by atoms with Crippen LogP contribution in [0.5, 0.6) is 0 Å². The SMILES string of the molecule is Cn1cc(S(N)(=O)=O)cc1C(=O)N1CCCCCCC1. The number of sulfonamides is 1. The third-order valence-corrected chi connectivity index (χ3v) is 4.55. The fourth-order valence-corrected chi connectivity index (χ4v) is 3.10. The average Bonchev–Trinajstić information content (AvgIpc) is 2.70. The molecule has 0 spiro atoms. The second-order valence-electron chi connectivity index (χ2n) is 5.28. The van der Waals surface area contributed by atoms with Crippen molar-refractivity contribution in [2.24, 2.45) is 12.2 Å². The molecule has 1 amide bonds. The van der Waals surface area contributed by atoms with Gasteiger partial charge in [0.25, 0.3) is 5.91 Å². The maximum atomic E-state index is 12.5. The number of aryl methyl sites for hydroxylation is 1. The van der Waals surface area contributed by atoms with Crippen molar-refractivity contribution in [2.75, 3.05) is 13.1 Å². The molecular weight excluding hydrogens is 278 g/mol. The Balaban J connectivity index is 2.21. The van der Waals surface area contributed by atoms with Gasteiger partial charge in [-0.05, 0) is 18.9 Å². The quantitative estimate of drug-likeness (QED) is 0.886. The zero-order valence-electron chi connectivity index (χ0n) is 11.7. The second kappa shape index (κ2) is 5.97. The molecule has 1 fully saturated rings. The summed E-state index contributed by atoms with van der Waals surface area (Å²) in [6, 6.07) is 1.36. The predicted octanol–water partition coefficient (Wildman–Crippen LogP) is 1.08. The molecule has 0 saturated carbocycles. The lowest BCUT2D eigenvalue weighted by atomic mass is 10.1. The third kappa shape index (κ3) is 3.40. The van der Waals surface area contributed by atoms with Gasteiger partial charge in [-0.3, -0.25) is 4.79 Å². The van der Waals surface area contributed by atoms with Crippen LogP contribution in [0.25, 0.3) is 0 Å². The topological polar surface area (TPSA) is 85.4 Å². The average molecular weight is 299 g/mol. The van der Waals surface area contributed by atoms with Crippen molar-refractivity contribution in [3.05, 3.63) is 18.0 Å². The normalized spacial score (nSPS) is 17.6. The molecule has 0 radical (unpaired) electrons. The van der Waals surface area contributed by atoms with Crippen LogP contribution in [0, 0.1) is 0 Å². The van der Waals surface area contributed by atoms with Crippen molar-refractivity contribution in [1.82, 2.24) is 9.47 Å². The number of aromatic nitrogens is 1. The summed E-state index contributed by atoms with van der Waals surface area (Å²) in [6.45, 7) is 1.46. The first kappa shape index (κ1) is 15.1. The summed E-state index contributed by atoms with van der Waals surface area (Å²) in [7, 11) is -2.11. The third-order valence-electron chi connectivity index (χ3n) is 3.67. The molecule has 7 heteroatoms. The first-order valence-electron chi connectivity index (χ1n) is 6.88. The van der Waals surface area contributed by atoms with E-state index >= 15 is 0 Å². The molecule has 1 aromatic rings. The van der Waals surface area contributed by atoms with E-state index in [0.717, 1.165) is 38.8 Å². The first-order chi connectivity index (χ1) is 9.39. The van der Waals surface area contributed by atoms with Gasteiger partial charge in [-0.2, -0.15) is 0 Å². The summed E-state index contributed by atoms with van der Waals surface area (Å²) < 4.78 is 24.2.